The third-order valence-electron chi connectivity index (χ3n) is 5.06. The summed E-state index contributed by atoms with van der Waals surface area (Å²) in [5, 5.41) is 3.50. The standard InChI is InChI=1S/C23H24ClN5O3.C2H6/c1-31-11-9-25-23(30)16-5-8-20-18(13-16)28-22(29(20)10-12-32-2)19-14-26-21(27-19)15-3-6-17(24)7-4-15;1-2/h3-8,13-14H,9-12H2,1-2H3,(H,25,30)(H,26,27);1-2H3. The summed E-state index contributed by atoms with van der Waals surface area (Å²) in [7, 11) is 3.26. The number of benzene rings is 2. The molecule has 2 heterocycles. The number of rotatable bonds is 9. The number of carbonyl (C=O) groups is 1. The van der Waals surface area contributed by atoms with Crippen LogP contribution in [-0.4, -0.2) is 59.4 Å². The highest BCUT2D eigenvalue weighted by molar-refractivity contribution is 6.30. The summed E-state index contributed by atoms with van der Waals surface area (Å²) in [6.45, 7) is 6.04. The minimum Gasteiger partial charge on any atom is -0.383 e. The molecule has 0 saturated heterocycles. The second-order valence-corrected chi connectivity index (χ2v) is 7.62. The Balaban J connectivity index is 0.00000158. The molecule has 180 valence electrons. The van der Waals surface area contributed by atoms with Crippen LogP contribution in [0.2, 0.25) is 5.02 Å². The first-order valence-corrected chi connectivity index (χ1v) is 11.6. The number of H-pyrrole nitrogens is 1. The van der Waals surface area contributed by atoms with Crippen molar-refractivity contribution in [2.45, 2.75) is 20.4 Å². The quantitative estimate of drug-likeness (QED) is 0.334. The third-order valence-corrected chi connectivity index (χ3v) is 5.31. The maximum atomic E-state index is 12.4. The van der Waals surface area contributed by atoms with Crippen molar-refractivity contribution in [3.63, 3.8) is 0 Å². The number of nitrogens with zero attached hydrogens (tertiary/aromatic N) is 3. The first-order chi connectivity index (χ1) is 16.6. The number of aromatic nitrogens is 4. The molecule has 9 heteroatoms. The number of amides is 1. The van der Waals surface area contributed by atoms with E-state index in [4.69, 9.17) is 26.1 Å². The molecule has 34 heavy (non-hydrogen) atoms. The van der Waals surface area contributed by atoms with Crippen molar-refractivity contribution in [3.05, 3.63) is 59.2 Å². The van der Waals surface area contributed by atoms with Gasteiger partial charge in [-0.2, -0.15) is 0 Å². The lowest BCUT2D eigenvalue weighted by Crippen LogP contribution is -2.26. The van der Waals surface area contributed by atoms with Crippen molar-refractivity contribution in [1.82, 2.24) is 24.8 Å². The molecule has 0 saturated carbocycles. The Morgan fingerprint density at radius 3 is 2.53 bits per heavy atom. The van der Waals surface area contributed by atoms with Crippen LogP contribution in [0.25, 0.3) is 33.9 Å². The van der Waals surface area contributed by atoms with Gasteiger partial charge < -0.3 is 24.3 Å². The Labute approximate surface area is 204 Å². The Morgan fingerprint density at radius 1 is 1.09 bits per heavy atom. The summed E-state index contributed by atoms with van der Waals surface area (Å²) in [6.07, 6.45) is 1.76. The van der Waals surface area contributed by atoms with Gasteiger partial charge in [-0.05, 0) is 42.5 Å². The van der Waals surface area contributed by atoms with E-state index in [1.165, 1.54) is 0 Å². The molecule has 8 nitrogen and oxygen atoms in total. The smallest absolute Gasteiger partial charge is 0.251 e. The molecule has 2 aromatic heterocycles. The van der Waals surface area contributed by atoms with Gasteiger partial charge in [-0.15, -0.1) is 0 Å². The molecule has 2 aromatic carbocycles. The van der Waals surface area contributed by atoms with E-state index in [1.54, 1.807) is 32.5 Å². The predicted molar refractivity (Wildman–Crippen MR) is 135 cm³/mol. The van der Waals surface area contributed by atoms with E-state index in [9.17, 15) is 4.79 Å². The molecule has 2 N–H and O–H groups in total. The molecular weight excluding hydrogens is 454 g/mol. The maximum Gasteiger partial charge on any atom is 0.251 e. The van der Waals surface area contributed by atoms with Gasteiger partial charge in [0.05, 0.1) is 30.4 Å². The Morgan fingerprint density at radius 2 is 1.82 bits per heavy atom. The first-order valence-electron chi connectivity index (χ1n) is 11.2. The van der Waals surface area contributed by atoms with Crippen LogP contribution in [0, 0.1) is 0 Å². The van der Waals surface area contributed by atoms with Crippen LogP contribution in [0.4, 0.5) is 0 Å². The largest absolute Gasteiger partial charge is 0.383 e. The number of halogens is 1. The normalized spacial score (nSPS) is 10.7. The molecule has 0 radical (unpaired) electrons. The van der Waals surface area contributed by atoms with Crippen molar-refractivity contribution >= 4 is 28.5 Å². The second-order valence-electron chi connectivity index (χ2n) is 7.18. The van der Waals surface area contributed by atoms with Crippen LogP contribution in [0.15, 0.2) is 48.7 Å². The summed E-state index contributed by atoms with van der Waals surface area (Å²) in [5.41, 5.74) is 3.87. The van der Waals surface area contributed by atoms with E-state index in [-0.39, 0.29) is 5.91 Å². The van der Waals surface area contributed by atoms with E-state index in [2.05, 4.69) is 19.9 Å². The number of nitrogens with one attached hydrogen (secondary N) is 2. The van der Waals surface area contributed by atoms with Crippen LogP contribution >= 0.6 is 11.6 Å². The van der Waals surface area contributed by atoms with Gasteiger partial charge in [-0.25, -0.2) is 9.97 Å². The van der Waals surface area contributed by atoms with Gasteiger partial charge in [0.15, 0.2) is 5.82 Å². The number of carbonyl (C=O) groups excluding carboxylic acids is 1. The molecular formula is C25H30ClN5O3. The summed E-state index contributed by atoms with van der Waals surface area (Å²) in [5.74, 6) is 1.28. The molecule has 0 aliphatic rings. The average molecular weight is 484 g/mol. The van der Waals surface area contributed by atoms with Gasteiger partial charge in [0.2, 0.25) is 0 Å². The number of hydrogen-bond donors (Lipinski definition) is 2. The van der Waals surface area contributed by atoms with Crippen LogP contribution in [0.3, 0.4) is 0 Å². The molecule has 0 unspecified atom stereocenters. The molecule has 0 fully saturated rings. The molecule has 0 spiro atoms. The lowest BCUT2D eigenvalue weighted by Gasteiger charge is -2.08. The monoisotopic (exact) mass is 483 g/mol. The number of hydrogen-bond acceptors (Lipinski definition) is 5. The van der Waals surface area contributed by atoms with Gasteiger partial charge in [0, 0.05) is 43.5 Å². The van der Waals surface area contributed by atoms with Crippen molar-refractivity contribution in [2.24, 2.45) is 0 Å². The molecule has 4 rings (SSSR count). The first kappa shape index (κ1) is 25.4. The lowest BCUT2D eigenvalue weighted by molar-refractivity contribution is 0.0937. The summed E-state index contributed by atoms with van der Waals surface area (Å²) in [4.78, 5) is 25.1. The van der Waals surface area contributed by atoms with Gasteiger partial charge in [0.1, 0.15) is 11.5 Å². The average Bonchev–Trinajstić information content (AvgIpc) is 3.49. The fourth-order valence-corrected chi connectivity index (χ4v) is 3.57. The fraction of sp³-hybridized carbons (Fsp3) is 0.320. The molecule has 0 atom stereocenters. The number of imidazole rings is 2. The van der Waals surface area contributed by atoms with Crippen LogP contribution in [0.5, 0.6) is 0 Å². The topological polar surface area (TPSA) is 94.1 Å². The zero-order valence-corrected chi connectivity index (χ0v) is 20.6. The summed E-state index contributed by atoms with van der Waals surface area (Å²) in [6, 6.07) is 13.0. The van der Waals surface area contributed by atoms with E-state index < -0.39 is 0 Å². The highest BCUT2D eigenvalue weighted by Crippen LogP contribution is 2.27. The van der Waals surface area contributed by atoms with Gasteiger partial charge in [-0.1, -0.05) is 25.4 Å². The molecule has 0 aliphatic carbocycles. The summed E-state index contributed by atoms with van der Waals surface area (Å²) < 4.78 is 12.3. The minimum atomic E-state index is -0.163. The molecule has 0 bridgehead atoms. The Kier molecular flexibility index (Phi) is 9.21. The van der Waals surface area contributed by atoms with Crippen molar-refractivity contribution in [3.8, 4) is 22.9 Å². The van der Waals surface area contributed by atoms with E-state index in [1.807, 2.05) is 44.2 Å². The van der Waals surface area contributed by atoms with Crippen molar-refractivity contribution in [2.75, 3.05) is 34.0 Å². The molecule has 1 amide bonds. The van der Waals surface area contributed by atoms with E-state index in [0.717, 1.165) is 33.9 Å². The fourth-order valence-electron chi connectivity index (χ4n) is 3.44. The van der Waals surface area contributed by atoms with Crippen LogP contribution in [0.1, 0.15) is 24.2 Å². The lowest BCUT2D eigenvalue weighted by atomic mass is 10.2. The van der Waals surface area contributed by atoms with E-state index in [0.29, 0.717) is 36.9 Å². The van der Waals surface area contributed by atoms with Crippen LogP contribution < -0.4 is 5.32 Å². The summed E-state index contributed by atoms with van der Waals surface area (Å²) >= 11 is 5.99. The maximum absolute atomic E-state index is 12.4. The van der Waals surface area contributed by atoms with E-state index >= 15 is 0 Å². The van der Waals surface area contributed by atoms with Crippen molar-refractivity contribution < 1.29 is 14.3 Å². The van der Waals surface area contributed by atoms with Gasteiger partial charge >= 0.3 is 0 Å². The molecule has 4 aromatic rings. The highest BCUT2D eigenvalue weighted by Gasteiger charge is 2.17. The molecule has 0 aliphatic heterocycles. The second kappa shape index (κ2) is 12.3. The SMILES string of the molecule is CC.COCCNC(=O)c1ccc2c(c1)nc(-c1cnc(-c3ccc(Cl)cc3)[nH]1)n2CCOC. The number of aromatic amines is 1. The Bertz CT molecular complexity index is 1220. The number of fused-ring (bicyclic) bond motifs is 1. The number of methoxy groups -OCH3 is 2. The predicted octanol–water partition coefficient (Wildman–Crippen LogP) is 4.80. The van der Waals surface area contributed by atoms with Gasteiger partial charge in [0.25, 0.3) is 5.91 Å². The highest BCUT2D eigenvalue weighted by atomic mass is 35.5. The minimum absolute atomic E-state index is 0.163. The zero-order valence-electron chi connectivity index (χ0n) is 19.9. The third kappa shape index (κ3) is 5.83. The van der Waals surface area contributed by atoms with Gasteiger partial charge in [-0.3, -0.25) is 4.79 Å². The Hall–Kier alpha value is -3.20. The van der Waals surface area contributed by atoms with Crippen molar-refractivity contribution in [1.29, 1.82) is 0 Å². The van der Waals surface area contributed by atoms with Crippen LogP contribution in [-0.2, 0) is 16.0 Å². The zero-order chi connectivity index (χ0) is 24.5. The number of ether oxygens (including phenoxy) is 2.